The summed E-state index contributed by atoms with van der Waals surface area (Å²) in [5.74, 6) is 0. The molecule has 6 aromatic rings. The van der Waals surface area contributed by atoms with Gasteiger partial charge in [0.2, 0.25) is 0 Å². The third-order valence-electron chi connectivity index (χ3n) is 5.72. The van der Waals surface area contributed by atoms with Gasteiger partial charge in [-0.3, -0.25) is 0 Å². The number of aryl methyl sites for hydroxylation is 1. The molecular weight excluding hydrogens is 328 g/mol. The van der Waals surface area contributed by atoms with E-state index in [-0.39, 0.29) is 0 Å². The lowest BCUT2D eigenvalue weighted by Gasteiger charge is -2.07. The molecule has 0 saturated carbocycles. The van der Waals surface area contributed by atoms with Crippen molar-refractivity contribution in [3.8, 4) is 5.69 Å². The van der Waals surface area contributed by atoms with E-state index in [9.17, 15) is 0 Å². The van der Waals surface area contributed by atoms with Crippen LogP contribution in [0.15, 0.2) is 91.0 Å². The molecule has 0 N–H and O–H groups in total. The van der Waals surface area contributed by atoms with E-state index in [1.807, 2.05) is 0 Å². The van der Waals surface area contributed by atoms with Crippen LogP contribution >= 0.6 is 0 Å². The summed E-state index contributed by atoms with van der Waals surface area (Å²) in [6.45, 7) is 0. The minimum Gasteiger partial charge on any atom is -0.343 e. The molecule has 0 saturated heterocycles. The van der Waals surface area contributed by atoms with E-state index in [4.69, 9.17) is 0 Å². The summed E-state index contributed by atoms with van der Waals surface area (Å²) >= 11 is 0. The van der Waals surface area contributed by atoms with E-state index in [2.05, 4.69) is 107 Å². The molecule has 6 rings (SSSR count). The molecule has 2 aromatic heterocycles. The molecule has 0 aliphatic rings. The van der Waals surface area contributed by atoms with Crippen LogP contribution in [-0.2, 0) is 7.05 Å². The highest BCUT2D eigenvalue weighted by Gasteiger charge is 2.18. The third-order valence-corrected chi connectivity index (χ3v) is 5.72. The van der Waals surface area contributed by atoms with Crippen molar-refractivity contribution < 1.29 is 0 Å². The van der Waals surface area contributed by atoms with E-state index in [1.54, 1.807) is 0 Å². The van der Waals surface area contributed by atoms with Gasteiger partial charge >= 0.3 is 0 Å². The number of nitrogens with zero attached hydrogens (tertiary/aromatic N) is 2. The van der Waals surface area contributed by atoms with Gasteiger partial charge in [0.1, 0.15) is 0 Å². The molecule has 2 heterocycles. The van der Waals surface area contributed by atoms with Crippen molar-refractivity contribution >= 4 is 43.6 Å². The van der Waals surface area contributed by atoms with Crippen LogP contribution < -0.4 is 0 Å². The average molecular weight is 346 g/mol. The number of hydrogen-bond acceptors (Lipinski definition) is 0. The van der Waals surface area contributed by atoms with Gasteiger partial charge in [-0.05, 0) is 30.3 Å². The molecule has 27 heavy (non-hydrogen) atoms. The monoisotopic (exact) mass is 346 g/mol. The normalized spacial score (nSPS) is 11.9. The van der Waals surface area contributed by atoms with Gasteiger partial charge in [0, 0.05) is 39.8 Å². The van der Waals surface area contributed by atoms with Crippen LogP contribution in [0.4, 0.5) is 0 Å². The molecule has 4 aromatic carbocycles. The Kier molecular flexibility index (Phi) is 2.84. The van der Waals surface area contributed by atoms with Crippen LogP contribution in [0.25, 0.3) is 49.3 Å². The van der Waals surface area contributed by atoms with Crippen LogP contribution in [0.3, 0.4) is 0 Å². The summed E-state index contributed by atoms with van der Waals surface area (Å²) in [7, 11) is 2.18. The van der Waals surface area contributed by atoms with E-state index < -0.39 is 0 Å². The molecule has 0 atom stereocenters. The lowest BCUT2D eigenvalue weighted by atomic mass is 10.1. The van der Waals surface area contributed by atoms with Crippen LogP contribution in [0, 0.1) is 0 Å². The van der Waals surface area contributed by atoms with Crippen LogP contribution in [0.5, 0.6) is 0 Å². The Morgan fingerprint density at radius 3 is 2.00 bits per heavy atom. The van der Waals surface area contributed by atoms with Crippen LogP contribution in [0.1, 0.15) is 0 Å². The first kappa shape index (κ1) is 14.6. The highest BCUT2D eigenvalue weighted by molar-refractivity contribution is 6.25. The molecular formula is C25H18N2. The first-order chi connectivity index (χ1) is 13.3. The van der Waals surface area contributed by atoms with E-state index in [0.717, 1.165) is 0 Å². The average Bonchev–Trinajstić information content (AvgIpc) is 3.22. The summed E-state index contributed by atoms with van der Waals surface area (Å²) < 4.78 is 4.72. The first-order valence-electron chi connectivity index (χ1n) is 9.29. The topological polar surface area (TPSA) is 9.86 Å². The molecule has 0 radical (unpaired) electrons. The fourth-order valence-corrected chi connectivity index (χ4v) is 4.58. The molecule has 2 nitrogen and oxygen atoms in total. The second-order valence-electron chi connectivity index (χ2n) is 7.12. The van der Waals surface area contributed by atoms with Crippen molar-refractivity contribution in [1.29, 1.82) is 0 Å². The molecule has 0 aliphatic heterocycles. The van der Waals surface area contributed by atoms with Gasteiger partial charge in [-0.15, -0.1) is 0 Å². The zero-order valence-electron chi connectivity index (χ0n) is 15.1. The lowest BCUT2D eigenvalue weighted by molar-refractivity contribution is 1.02. The van der Waals surface area contributed by atoms with Gasteiger partial charge in [-0.2, -0.15) is 0 Å². The van der Waals surface area contributed by atoms with Crippen LogP contribution in [-0.4, -0.2) is 9.13 Å². The SMILES string of the molecule is Cn1c2ccccc2c2ccc3c(c4ccccc4n3-c3ccccc3)c21. The van der Waals surface area contributed by atoms with Crippen molar-refractivity contribution in [3.63, 3.8) is 0 Å². The zero-order valence-corrected chi connectivity index (χ0v) is 15.1. The zero-order chi connectivity index (χ0) is 18.0. The second-order valence-corrected chi connectivity index (χ2v) is 7.12. The van der Waals surface area contributed by atoms with E-state index in [1.165, 1.54) is 49.3 Å². The van der Waals surface area contributed by atoms with Crippen molar-refractivity contribution in [2.45, 2.75) is 0 Å². The maximum absolute atomic E-state index is 2.38. The number of para-hydroxylation sites is 3. The van der Waals surface area contributed by atoms with Gasteiger partial charge in [-0.1, -0.05) is 60.7 Å². The molecule has 0 bridgehead atoms. The van der Waals surface area contributed by atoms with E-state index in [0.29, 0.717) is 0 Å². The summed E-state index contributed by atoms with van der Waals surface area (Å²) in [5, 5.41) is 5.25. The Bertz CT molecular complexity index is 1470. The third kappa shape index (κ3) is 1.85. The molecule has 0 unspecified atom stereocenters. The fraction of sp³-hybridized carbons (Fsp3) is 0.0400. The quantitative estimate of drug-likeness (QED) is 0.325. The van der Waals surface area contributed by atoms with E-state index >= 15 is 0 Å². The standard InChI is InChI=1S/C25H18N2/c1-26-21-13-7-5-11-18(21)19-15-16-23-24(25(19)26)20-12-6-8-14-22(20)27(23)17-9-3-2-4-10-17/h2-16H,1H3. The molecule has 128 valence electrons. The number of benzene rings is 4. The van der Waals surface area contributed by atoms with Gasteiger partial charge < -0.3 is 9.13 Å². The largest absolute Gasteiger partial charge is 0.343 e. The summed E-state index contributed by atoms with van der Waals surface area (Å²) in [4.78, 5) is 0. The van der Waals surface area contributed by atoms with Crippen molar-refractivity contribution in [2.24, 2.45) is 7.05 Å². The maximum atomic E-state index is 2.38. The summed E-state index contributed by atoms with van der Waals surface area (Å²) in [6, 6.07) is 32.6. The van der Waals surface area contributed by atoms with Crippen LogP contribution in [0.2, 0.25) is 0 Å². The minimum atomic E-state index is 1.20. The fourth-order valence-electron chi connectivity index (χ4n) is 4.58. The van der Waals surface area contributed by atoms with Gasteiger partial charge in [0.15, 0.2) is 0 Å². The first-order valence-corrected chi connectivity index (χ1v) is 9.29. The van der Waals surface area contributed by atoms with Gasteiger partial charge in [-0.25, -0.2) is 0 Å². The molecule has 0 spiro atoms. The Balaban J connectivity index is 1.92. The minimum absolute atomic E-state index is 1.20. The Hall–Kier alpha value is -3.52. The Labute approximate surface area is 156 Å². The van der Waals surface area contributed by atoms with Gasteiger partial charge in [0.25, 0.3) is 0 Å². The number of rotatable bonds is 1. The number of fused-ring (bicyclic) bond motifs is 7. The maximum Gasteiger partial charge on any atom is 0.0590 e. The summed E-state index contributed by atoms with van der Waals surface area (Å²) in [5.41, 5.74) is 6.27. The smallest absolute Gasteiger partial charge is 0.0590 e. The lowest BCUT2D eigenvalue weighted by Crippen LogP contribution is -1.93. The predicted octanol–water partition coefficient (Wildman–Crippen LogP) is 6.43. The number of aromatic nitrogens is 2. The second kappa shape index (κ2) is 5.24. The highest BCUT2D eigenvalue weighted by Crippen LogP contribution is 2.39. The Morgan fingerprint density at radius 2 is 1.19 bits per heavy atom. The van der Waals surface area contributed by atoms with Crippen molar-refractivity contribution in [3.05, 3.63) is 91.0 Å². The Morgan fingerprint density at radius 1 is 0.519 bits per heavy atom. The highest BCUT2D eigenvalue weighted by atomic mass is 15.0. The van der Waals surface area contributed by atoms with Gasteiger partial charge in [0.05, 0.1) is 16.6 Å². The van der Waals surface area contributed by atoms with Crippen molar-refractivity contribution in [2.75, 3.05) is 0 Å². The molecule has 0 fully saturated rings. The summed E-state index contributed by atoms with van der Waals surface area (Å²) in [6.07, 6.45) is 0. The molecule has 2 heteroatoms. The number of hydrogen-bond donors (Lipinski definition) is 0. The predicted molar refractivity (Wildman–Crippen MR) is 115 cm³/mol. The molecule has 0 aliphatic carbocycles. The van der Waals surface area contributed by atoms with Crippen molar-refractivity contribution in [1.82, 2.24) is 9.13 Å². The molecule has 0 amide bonds.